The molecule has 0 aliphatic rings. The fourth-order valence-electron chi connectivity index (χ4n) is 1.72. The zero-order valence-corrected chi connectivity index (χ0v) is 10.7. The summed E-state index contributed by atoms with van der Waals surface area (Å²) >= 11 is 1.73. The fourth-order valence-corrected chi connectivity index (χ4v) is 2.67. The van der Waals surface area contributed by atoms with Gasteiger partial charge in [-0.1, -0.05) is 13.8 Å². The van der Waals surface area contributed by atoms with E-state index in [2.05, 4.69) is 29.5 Å². The van der Waals surface area contributed by atoms with Crippen LogP contribution in [-0.4, -0.2) is 23.6 Å². The number of aromatic nitrogens is 2. The number of hydrogen-bond acceptors (Lipinski definition) is 3. The molecule has 86 valence electrons. The lowest BCUT2D eigenvalue weighted by atomic mass is 9.94. The molecule has 2 heterocycles. The molecule has 0 radical (unpaired) electrons. The van der Waals surface area contributed by atoms with E-state index in [1.807, 2.05) is 25.5 Å². The van der Waals surface area contributed by atoms with E-state index in [1.165, 1.54) is 5.01 Å². The van der Waals surface area contributed by atoms with Gasteiger partial charge in [0.15, 0.2) is 0 Å². The number of rotatable bonds is 4. The van der Waals surface area contributed by atoms with Crippen LogP contribution in [0.5, 0.6) is 0 Å². The number of aromatic amines is 1. The quantitative estimate of drug-likeness (QED) is 0.855. The minimum atomic E-state index is 0.0912. The number of likely N-dealkylation sites (N-methyl/N-ethyl adjacent to an activating group) is 1. The van der Waals surface area contributed by atoms with Crippen LogP contribution < -0.4 is 5.32 Å². The Labute approximate surface area is 99.9 Å². The zero-order valence-electron chi connectivity index (χ0n) is 9.87. The molecule has 0 saturated carbocycles. The Bertz CT molecular complexity index is 443. The molecule has 2 N–H and O–H groups in total. The largest absolute Gasteiger partial charge is 0.367 e. The Morgan fingerprint density at radius 3 is 2.94 bits per heavy atom. The minimum absolute atomic E-state index is 0.0912. The Morgan fingerprint density at radius 1 is 1.50 bits per heavy atom. The molecule has 0 fully saturated rings. The van der Waals surface area contributed by atoms with E-state index in [4.69, 9.17) is 4.98 Å². The summed E-state index contributed by atoms with van der Waals surface area (Å²) in [6.07, 6.45) is 3.90. The molecule has 16 heavy (non-hydrogen) atoms. The molecular formula is C12H17N3S. The van der Waals surface area contributed by atoms with Crippen LogP contribution in [0.2, 0.25) is 0 Å². The molecule has 4 heteroatoms. The second-order valence-corrected chi connectivity index (χ2v) is 5.41. The van der Waals surface area contributed by atoms with Crippen molar-refractivity contribution in [3.63, 3.8) is 0 Å². The van der Waals surface area contributed by atoms with Crippen molar-refractivity contribution in [1.29, 1.82) is 0 Å². The number of nitrogens with zero attached hydrogens (tertiary/aromatic N) is 1. The van der Waals surface area contributed by atoms with E-state index in [1.54, 1.807) is 11.3 Å². The van der Waals surface area contributed by atoms with Gasteiger partial charge in [-0.3, -0.25) is 0 Å². The second kappa shape index (κ2) is 4.39. The van der Waals surface area contributed by atoms with Crippen molar-refractivity contribution in [2.24, 2.45) is 0 Å². The topological polar surface area (TPSA) is 40.7 Å². The van der Waals surface area contributed by atoms with Crippen molar-refractivity contribution in [2.45, 2.75) is 19.3 Å². The molecule has 0 aliphatic carbocycles. The van der Waals surface area contributed by atoms with E-state index >= 15 is 0 Å². The van der Waals surface area contributed by atoms with E-state index in [-0.39, 0.29) is 5.41 Å². The van der Waals surface area contributed by atoms with Gasteiger partial charge in [0.05, 0.1) is 5.69 Å². The van der Waals surface area contributed by atoms with E-state index in [0.29, 0.717) is 0 Å². The Kier molecular flexibility index (Phi) is 3.12. The highest BCUT2D eigenvalue weighted by molar-refractivity contribution is 7.10. The molecule has 0 unspecified atom stereocenters. The Hall–Kier alpha value is -1.13. The van der Waals surface area contributed by atoms with Gasteiger partial charge in [0.2, 0.25) is 0 Å². The molecule has 0 saturated heterocycles. The minimum Gasteiger partial charge on any atom is -0.367 e. The lowest BCUT2D eigenvalue weighted by Gasteiger charge is -2.20. The van der Waals surface area contributed by atoms with Gasteiger partial charge in [0.25, 0.3) is 0 Å². The fraction of sp³-hybridized carbons (Fsp3) is 0.417. The predicted molar refractivity (Wildman–Crippen MR) is 68.9 cm³/mol. The van der Waals surface area contributed by atoms with Gasteiger partial charge in [-0.15, -0.1) is 11.3 Å². The van der Waals surface area contributed by atoms with Crippen molar-refractivity contribution in [3.8, 4) is 11.3 Å². The van der Waals surface area contributed by atoms with Crippen LogP contribution in [-0.2, 0) is 5.41 Å². The van der Waals surface area contributed by atoms with Gasteiger partial charge in [-0.05, 0) is 13.1 Å². The maximum atomic E-state index is 4.70. The van der Waals surface area contributed by atoms with Crippen molar-refractivity contribution in [3.05, 3.63) is 28.8 Å². The highest BCUT2D eigenvalue weighted by atomic mass is 32.1. The predicted octanol–water partition coefficient (Wildman–Crippen LogP) is 2.64. The highest BCUT2D eigenvalue weighted by Gasteiger charge is 2.23. The van der Waals surface area contributed by atoms with E-state index in [9.17, 15) is 0 Å². The lowest BCUT2D eigenvalue weighted by molar-refractivity contribution is 0.492. The first-order chi connectivity index (χ1) is 7.63. The van der Waals surface area contributed by atoms with Crippen LogP contribution in [0.3, 0.4) is 0 Å². The monoisotopic (exact) mass is 235 g/mol. The summed E-state index contributed by atoms with van der Waals surface area (Å²) < 4.78 is 0. The average molecular weight is 235 g/mol. The summed E-state index contributed by atoms with van der Waals surface area (Å²) in [5.41, 5.74) is 2.31. The molecule has 0 aliphatic heterocycles. The number of hydrogen-bond donors (Lipinski definition) is 2. The van der Waals surface area contributed by atoms with Crippen molar-refractivity contribution < 1.29 is 0 Å². The smallest absolute Gasteiger partial charge is 0.100 e. The number of H-pyrrole nitrogens is 1. The molecule has 0 aromatic carbocycles. The zero-order chi connectivity index (χ0) is 11.6. The molecule has 3 nitrogen and oxygen atoms in total. The van der Waals surface area contributed by atoms with Gasteiger partial charge in [-0.2, -0.15) is 0 Å². The van der Waals surface area contributed by atoms with Crippen molar-refractivity contribution in [2.75, 3.05) is 13.6 Å². The molecule has 0 atom stereocenters. The summed E-state index contributed by atoms with van der Waals surface area (Å²) in [6.45, 7) is 5.36. The van der Waals surface area contributed by atoms with E-state index < -0.39 is 0 Å². The van der Waals surface area contributed by atoms with Crippen LogP contribution in [0.4, 0.5) is 0 Å². The maximum Gasteiger partial charge on any atom is 0.100 e. The van der Waals surface area contributed by atoms with Gasteiger partial charge in [0, 0.05) is 35.3 Å². The highest BCUT2D eigenvalue weighted by Crippen LogP contribution is 2.29. The van der Waals surface area contributed by atoms with Crippen molar-refractivity contribution in [1.82, 2.24) is 15.3 Å². The summed E-state index contributed by atoms with van der Waals surface area (Å²) in [5.74, 6) is 0. The first-order valence-corrected chi connectivity index (χ1v) is 6.25. The first-order valence-electron chi connectivity index (χ1n) is 5.37. The van der Waals surface area contributed by atoms with Crippen LogP contribution in [0.15, 0.2) is 23.8 Å². The third-order valence-corrected chi connectivity index (χ3v) is 3.80. The molecular weight excluding hydrogens is 218 g/mol. The lowest BCUT2D eigenvalue weighted by Crippen LogP contribution is -2.30. The average Bonchev–Trinajstić information content (AvgIpc) is 2.89. The summed E-state index contributed by atoms with van der Waals surface area (Å²) in [5, 5.41) is 6.51. The third kappa shape index (κ3) is 2.18. The summed E-state index contributed by atoms with van der Waals surface area (Å²) in [6, 6.07) is 2.05. The van der Waals surface area contributed by atoms with Crippen LogP contribution in [0.1, 0.15) is 18.9 Å². The summed E-state index contributed by atoms with van der Waals surface area (Å²) in [4.78, 5) is 7.76. The second-order valence-electron chi connectivity index (χ2n) is 4.55. The van der Waals surface area contributed by atoms with Gasteiger partial charge >= 0.3 is 0 Å². The van der Waals surface area contributed by atoms with Gasteiger partial charge < -0.3 is 10.3 Å². The Morgan fingerprint density at radius 2 is 2.31 bits per heavy atom. The maximum absolute atomic E-state index is 4.70. The Balaban J connectivity index is 2.26. The third-order valence-electron chi connectivity index (χ3n) is 2.60. The van der Waals surface area contributed by atoms with Crippen LogP contribution >= 0.6 is 11.3 Å². The molecule has 2 aromatic rings. The molecule has 0 spiro atoms. The van der Waals surface area contributed by atoms with Crippen LogP contribution in [0.25, 0.3) is 11.3 Å². The molecule has 2 aromatic heterocycles. The normalized spacial score (nSPS) is 11.9. The molecule has 0 bridgehead atoms. The van der Waals surface area contributed by atoms with Gasteiger partial charge in [0.1, 0.15) is 5.01 Å². The van der Waals surface area contributed by atoms with E-state index in [0.717, 1.165) is 17.8 Å². The summed E-state index contributed by atoms with van der Waals surface area (Å²) in [7, 11) is 1.97. The van der Waals surface area contributed by atoms with Crippen molar-refractivity contribution >= 4 is 11.3 Å². The van der Waals surface area contributed by atoms with Gasteiger partial charge in [-0.25, -0.2) is 4.98 Å². The molecule has 2 rings (SSSR count). The first kappa shape index (κ1) is 11.4. The molecule has 0 amide bonds. The SMILES string of the molecule is CNCC(C)(C)c1nc(-c2cc[nH]c2)cs1. The standard InChI is InChI=1S/C12H17N3S/c1-12(2,8-13-3)11-15-10(7-16-11)9-4-5-14-6-9/h4-7,13-14H,8H2,1-3H3. The number of nitrogens with one attached hydrogen (secondary N) is 2. The number of thiazole rings is 1. The van der Waals surface area contributed by atoms with Crippen LogP contribution in [0, 0.1) is 0 Å².